The zero-order chi connectivity index (χ0) is 19.2. The molecule has 0 saturated heterocycles. The third-order valence-corrected chi connectivity index (χ3v) is 4.18. The summed E-state index contributed by atoms with van der Waals surface area (Å²) in [5.74, 6) is 1.76. The predicted octanol–water partition coefficient (Wildman–Crippen LogP) is 5.70. The van der Waals surface area contributed by atoms with Gasteiger partial charge in [0.2, 0.25) is 5.82 Å². The summed E-state index contributed by atoms with van der Waals surface area (Å²) >= 11 is 12.5. The summed E-state index contributed by atoms with van der Waals surface area (Å²) in [5, 5.41) is 4.77. The van der Waals surface area contributed by atoms with Crippen molar-refractivity contribution in [2.45, 2.75) is 0 Å². The fourth-order valence-electron chi connectivity index (χ4n) is 2.32. The topological polar surface area (TPSA) is 57.4 Å². The first kappa shape index (κ1) is 19.0. The first-order chi connectivity index (χ1) is 13.1. The van der Waals surface area contributed by atoms with Gasteiger partial charge in [0.15, 0.2) is 11.5 Å². The van der Waals surface area contributed by atoms with E-state index in [9.17, 15) is 0 Å². The lowest BCUT2D eigenvalue weighted by molar-refractivity contribution is 0.326. The van der Waals surface area contributed by atoms with E-state index in [-0.39, 0.29) is 5.89 Å². The van der Waals surface area contributed by atoms with E-state index in [4.69, 9.17) is 37.2 Å². The van der Waals surface area contributed by atoms with Gasteiger partial charge in [0.05, 0.1) is 12.1 Å². The fraction of sp³-hybridized carbons (Fsp3) is 0.100. The third kappa shape index (κ3) is 4.51. The normalized spacial score (nSPS) is 11.3. The van der Waals surface area contributed by atoms with Crippen LogP contribution in [-0.2, 0) is 0 Å². The van der Waals surface area contributed by atoms with Gasteiger partial charge in [-0.25, -0.2) is 0 Å². The number of nitrogens with zero attached hydrogens (tertiary/aromatic N) is 2. The van der Waals surface area contributed by atoms with E-state index in [1.807, 2.05) is 18.2 Å². The van der Waals surface area contributed by atoms with Crippen LogP contribution in [0.15, 0.2) is 59.6 Å². The largest absolute Gasteiger partial charge is 0.493 e. The zero-order valence-electron chi connectivity index (χ0n) is 14.5. The second kappa shape index (κ2) is 8.75. The highest BCUT2D eigenvalue weighted by atomic mass is 35.5. The number of hydrogen-bond donors (Lipinski definition) is 0. The SMILES string of the molecule is C=CCOc1ccc(/C=C(\Cl)c2nc(-c3ccccc3Cl)no2)cc1OC. The molecule has 0 N–H and O–H groups in total. The molecule has 0 spiro atoms. The lowest BCUT2D eigenvalue weighted by Crippen LogP contribution is -1.96. The van der Waals surface area contributed by atoms with Crippen molar-refractivity contribution in [1.82, 2.24) is 10.1 Å². The molecule has 0 aliphatic heterocycles. The number of rotatable bonds is 7. The van der Waals surface area contributed by atoms with Crippen molar-refractivity contribution < 1.29 is 14.0 Å². The maximum atomic E-state index is 6.35. The summed E-state index contributed by atoms with van der Waals surface area (Å²) in [4.78, 5) is 4.31. The summed E-state index contributed by atoms with van der Waals surface area (Å²) in [5.41, 5.74) is 1.46. The monoisotopic (exact) mass is 402 g/mol. The summed E-state index contributed by atoms with van der Waals surface area (Å²) in [6, 6.07) is 12.7. The van der Waals surface area contributed by atoms with Crippen LogP contribution in [0.25, 0.3) is 22.5 Å². The molecule has 0 fully saturated rings. The number of methoxy groups -OCH3 is 1. The van der Waals surface area contributed by atoms with Gasteiger partial charge in [-0.2, -0.15) is 4.98 Å². The maximum absolute atomic E-state index is 6.35. The van der Waals surface area contributed by atoms with Gasteiger partial charge in [-0.05, 0) is 35.9 Å². The lowest BCUT2D eigenvalue weighted by Gasteiger charge is -2.09. The number of ether oxygens (including phenoxy) is 2. The van der Waals surface area contributed by atoms with Gasteiger partial charge in [0.25, 0.3) is 5.89 Å². The quantitative estimate of drug-likeness (QED) is 0.474. The van der Waals surface area contributed by atoms with Crippen molar-refractivity contribution in [1.29, 1.82) is 0 Å². The molecule has 0 amide bonds. The summed E-state index contributed by atoms with van der Waals surface area (Å²) in [6.07, 6.45) is 3.36. The molecule has 0 atom stereocenters. The molecule has 7 heteroatoms. The van der Waals surface area contributed by atoms with Crippen LogP contribution < -0.4 is 9.47 Å². The molecule has 27 heavy (non-hydrogen) atoms. The average Bonchev–Trinajstić information content (AvgIpc) is 3.17. The Balaban J connectivity index is 1.86. The Labute approximate surface area is 166 Å². The van der Waals surface area contributed by atoms with Gasteiger partial charge in [-0.15, -0.1) is 0 Å². The molecular formula is C20H16Cl2N2O3. The highest BCUT2D eigenvalue weighted by molar-refractivity contribution is 6.50. The molecule has 3 rings (SSSR count). The second-order valence-electron chi connectivity index (χ2n) is 5.41. The highest BCUT2D eigenvalue weighted by Crippen LogP contribution is 2.31. The molecule has 0 bridgehead atoms. The van der Waals surface area contributed by atoms with Gasteiger partial charge in [0, 0.05) is 5.56 Å². The van der Waals surface area contributed by atoms with Crippen LogP contribution in [0.3, 0.4) is 0 Å². The second-order valence-corrected chi connectivity index (χ2v) is 6.22. The van der Waals surface area contributed by atoms with Gasteiger partial charge in [-0.1, -0.05) is 59.2 Å². The number of halogens is 2. The Morgan fingerprint density at radius 3 is 2.78 bits per heavy atom. The van der Waals surface area contributed by atoms with Crippen molar-refractivity contribution in [3.05, 3.63) is 71.6 Å². The molecule has 0 unspecified atom stereocenters. The van der Waals surface area contributed by atoms with Crippen LogP contribution in [0.4, 0.5) is 0 Å². The van der Waals surface area contributed by atoms with Crippen molar-refractivity contribution in [2.75, 3.05) is 13.7 Å². The van der Waals surface area contributed by atoms with Gasteiger partial charge in [-0.3, -0.25) is 0 Å². The van der Waals surface area contributed by atoms with Gasteiger partial charge >= 0.3 is 0 Å². The van der Waals surface area contributed by atoms with Crippen molar-refractivity contribution >= 4 is 34.3 Å². The predicted molar refractivity (Wildman–Crippen MR) is 107 cm³/mol. The number of hydrogen-bond acceptors (Lipinski definition) is 5. The summed E-state index contributed by atoms with van der Waals surface area (Å²) in [6.45, 7) is 4.01. The summed E-state index contributed by atoms with van der Waals surface area (Å²) in [7, 11) is 1.57. The molecular weight excluding hydrogens is 387 g/mol. The van der Waals surface area contributed by atoms with E-state index >= 15 is 0 Å². The van der Waals surface area contributed by atoms with Gasteiger partial charge in [0.1, 0.15) is 11.6 Å². The standard InChI is InChI=1S/C20H16Cl2N2O3/c1-3-10-26-17-9-8-13(12-18(17)25-2)11-16(22)20-23-19(24-27-20)14-6-4-5-7-15(14)21/h3-9,11-12H,1,10H2,2H3/b16-11-. The Morgan fingerprint density at radius 2 is 2.04 bits per heavy atom. The van der Waals surface area contributed by atoms with E-state index in [1.165, 1.54) is 0 Å². The van der Waals surface area contributed by atoms with Gasteiger partial charge < -0.3 is 14.0 Å². The fourth-order valence-corrected chi connectivity index (χ4v) is 2.75. The van der Waals surface area contributed by atoms with Crippen LogP contribution in [0.2, 0.25) is 5.02 Å². The molecule has 5 nitrogen and oxygen atoms in total. The molecule has 138 valence electrons. The van der Waals surface area contributed by atoms with Crippen LogP contribution >= 0.6 is 23.2 Å². The van der Waals surface area contributed by atoms with E-state index in [0.29, 0.717) is 39.5 Å². The van der Waals surface area contributed by atoms with Crippen LogP contribution in [0.5, 0.6) is 11.5 Å². The van der Waals surface area contributed by atoms with Crippen molar-refractivity contribution in [3.8, 4) is 22.9 Å². The Hall–Kier alpha value is -2.76. The molecule has 2 aromatic carbocycles. The molecule has 1 aromatic heterocycles. The first-order valence-corrected chi connectivity index (χ1v) is 8.76. The smallest absolute Gasteiger partial charge is 0.269 e. The van der Waals surface area contributed by atoms with Crippen LogP contribution in [0, 0.1) is 0 Å². The minimum absolute atomic E-state index is 0.192. The molecule has 0 saturated carbocycles. The molecule has 3 aromatic rings. The summed E-state index contributed by atoms with van der Waals surface area (Å²) < 4.78 is 16.1. The minimum Gasteiger partial charge on any atom is -0.493 e. The average molecular weight is 403 g/mol. The molecule has 1 heterocycles. The Kier molecular flexibility index (Phi) is 6.16. The zero-order valence-corrected chi connectivity index (χ0v) is 16.0. The Bertz CT molecular complexity index is 983. The Morgan fingerprint density at radius 1 is 1.22 bits per heavy atom. The van der Waals surface area contributed by atoms with E-state index in [2.05, 4.69) is 16.7 Å². The number of benzene rings is 2. The lowest BCUT2D eigenvalue weighted by atomic mass is 10.2. The number of aromatic nitrogens is 2. The molecule has 0 aliphatic carbocycles. The third-order valence-electron chi connectivity index (χ3n) is 3.58. The van der Waals surface area contributed by atoms with Crippen LogP contribution in [-0.4, -0.2) is 23.9 Å². The van der Waals surface area contributed by atoms with E-state index < -0.39 is 0 Å². The minimum atomic E-state index is 0.192. The van der Waals surface area contributed by atoms with E-state index in [1.54, 1.807) is 43.5 Å². The maximum Gasteiger partial charge on any atom is 0.269 e. The molecule has 0 radical (unpaired) electrons. The first-order valence-electron chi connectivity index (χ1n) is 8.00. The van der Waals surface area contributed by atoms with Crippen molar-refractivity contribution in [2.24, 2.45) is 0 Å². The van der Waals surface area contributed by atoms with Crippen molar-refractivity contribution in [3.63, 3.8) is 0 Å². The molecule has 0 aliphatic rings. The highest BCUT2D eigenvalue weighted by Gasteiger charge is 2.14. The van der Waals surface area contributed by atoms with E-state index in [0.717, 1.165) is 5.56 Å². The van der Waals surface area contributed by atoms with Crippen LogP contribution in [0.1, 0.15) is 11.5 Å².